The van der Waals surface area contributed by atoms with Gasteiger partial charge >= 0.3 is 0 Å². The van der Waals surface area contributed by atoms with Crippen LogP contribution in [0.1, 0.15) is 54.1 Å². The molecule has 0 radical (unpaired) electrons. The number of carbonyl (C=O) groups is 1. The molecule has 3 aromatic carbocycles. The quantitative estimate of drug-likeness (QED) is 0.296. The van der Waals surface area contributed by atoms with E-state index in [1.807, 2.05) is 42.5 Å². The summed E-state index contributed by atoms with van der Waals surface area (Å²) < 4.78 is 1.18. The van der Waals surface area contributed by atoms with Crippen molar-refractivity contribution in [2.45, 2.75) is 51.5 Å². The topological polar surface area (TPSA) is 32.3 Å². The zero-order valence-electron chi connectivity index (χ0n) is 20.1. The highest BCUT2D eigenvalue weighted by atomic mass is 79.9. The second kappa shape index (κ2) is 12.3. The van der Waals surface area contributed by atoms with E-state index in [0.717, 1.165) is 50.0 Å². The normalized spacial score (nSPS) is 15.2. The number of aryl methyl sites for hydroxylation is 1. The molecule has 0 aliphatic heterocycles. The summed E-state index contributed by atoms with van der Waals surface area (Å²) in [7, 11) is 0. The number of halogens is 1. The van der Waals surface area contributed by atoms with E-state index < -0.39 is 0 Å². The molecule has 34 heavy (non-hydrogen) atoms. The molecule has 3 aromatic rings. The maximum atomic E-state index is 12.6. The van der Waals surface area contributed by atoms with Gasteiger partial charge in [-0.3, -0.25) is 4.79 Å². The first-order valence-corrected chi connectivity index (χ1v) is 13.4. The molecule has 1 amide bonds. The van der Waals surface area contributed by atoms with Crippen molar-refractivity contribution in [2.24, 2.45) is 0 Å². The van der Waals surface area contributed by atoms with Gasteiger partial charge in [0.25, 0.3) is 5.91 Å². The zero-order valence-corrected chi connectivity index (χ0v) is 21.7. The lowest BCUT2D eigenvalue weighted by molar-refractivity contribution is 0.0952. The molecule has 0 heterocycles. The molecule has 0 fully saturated rings. The Morgan fingerprint density at radius 2 is 1.71 bits per heavy atom. The van der Waals surface area contributed by atoms with Crippen molar-refractivity contribution in [2.75, 3.05) is 19.6 Å². The van der Waals surface area contributed by atoms with Gasteiger partial charge in [-0.25, -0.2) is 0 Å². The fourth-order valence-electron chi connectivity index (χ4n) is 4.97. The van der Waals surface area contributed by atoms with Crippen LogP contribution in [0, 0.1) is 0 Å². The number of amides is 1. The van der Waals surface area contributed by atoms with Gasteiger partial charge in [0.05, 0.1) is 0 Å². The van der Waals surface area contributed by atoms with Crippen LogP contribution in [-0.2, 0) is 12.8 Å². The van der Waals surface area contributed by atoms with E-state index in [1.54, 1.807) is 0 Å². The molecular formula is C30H35BrN2O. The number of hydrogen-bond donors (Lipinski definition) is 1. The van der Waals surface area contributed by atoms with Crippen LogP contribution in [-0.4, -0.2) is 36.5 Å². The molecular weight excluding hydrogens is 484 g/mol. The fraction of sp³-hybridized carbons (Fsp3) is 0.367. The lowest BCUT2D eigenvalue weighted by Crippen LogP contribution is -2.40. The lowest BCUT2D eigenvalue weighted by Gasteiger charge is -2.35. The number of carbonyl (C=O) groups excluding carboxylic acids is 1. The lowest BCUT2D eigenvalue weighted by atomic mass is 9.87. The van der Waals surface area contributed by atoms with Crippen LogP contribution in [0.2, 0.25) is 0 Å². The fourth-order valence-corrected chi connectivity index (χ4v) is 5.38. The molecule has 4 heteroatoms. The Kier molecular flexibility index (Phi) is 8.95. The van der Waals surface area contributed by atoms with Gasteiger partial charge in [0.15, 0.2) is 0 Å². The number of nitrogens with zero attached hydrogens (tertiary/aromatic N) is 1. The first-order valence-electron chi connectivity index (χ1n) is 12.6. The minimum atomic E-state index is 0.0140. The highest BCUT2D eigenvalue weighted by molar-refractivity contribution is 9.10. The molecule has 0 unspecified atom stereocenters. The van der Waals surface area contributed by atoms with Crippen LogP contribution in [0.15, 0.2) is 77.3 Å². The van der Waals surface area contributed by atoms with Crippen molar-refractivity contribution in [3.05, 3.63) is 94.0 Å². The smallest absolute Gasteiger partial charge is 0.251 e. The van der Waals surface area contributed by atoms with Gasteiger partial charge in [-0.1, -0.05) is 71.4 Å². The second-order valence-corrected chi connectivity index (χ2v) is 10.2. The second-order valence-electron chi connectivity index (χ2n) is 9.25. The van der Waals surface area contributed by atoms with E-state index in [4.69, 9.17) is 0 Å². The van der Waals surface area contributed by atoms with Crippen LogP contribution in [0.25, 0.3) is 11.1 Å². The van der Waals surface area contributed by atoms with Crippen LogP contribution < -0.4 is 5.32 Å². The Hall–Kier alpha value is -2.43. The summed E-state index contributed by atoms with van der Waals surface area (Å²) in [6.45, 7) is 5.24. The Balaban J connectivity index is 1.21. The summed E-state index contributed by atoms with van der Waals surface area (Å²) in [4.78, 5) is 15.2. The van der Waals surface area contributed by atoms with E-state index in [-0.39, 0.29) is 5.91 Å². The average molecular weight is 520 g/mol. The third kappa shape index (κ3) is 6.58. The summed E-state index contributed by atoms with van der Waals surface area (Å²) in [6.07, 6.45) is 6.84. The maximum Gasteiger partial charge on any atom is 0.251 e. The van der Waals surface area contributed by atoms with Crippen LogP contribution >= 0.6 is 15.9 Å². The molecule has 0 bridgehead atoms. The van der Waals surface area contributed by atoms with Gasteiger partial charge in [-0.05, 0) is 98.1 Å². The summed E-state index contributed by atoms with van der Waals surface area (Å²) >= 11 is 3.61. The summed E-state index contributed by atoms with van der Waals surface area (Å²) in [5.74, 6) is 0.0140. The van der Waals surface area contributed by atoms with Crippen LogP contribution in [0.4, 0.5) is 0 Å². The standard InChI is InChI=1S/C30H35BrN2O/c1-2-19-33(29-17-15-26-21-28(31)16-14-27(26)22-29)20-7-6-18-32-30(34)25-12-10-24(11-13-25)23-8-4-3-5-9-23/h3-5,8-14,16,21,29H,2,6-7,15,17-20,22H2,1H3,(H,32,34)/t29-/m1/s1. The third-order valence-electron chi connectivity index (χ3n) is 6.81. The molecule has 1 N–H and O–H groups in total. The highest BCUT2D eigenvalue weighted by Gasteiger charge is 2.23. The summed E-state index contributed by atoms with van der Waals surface area (Å²) in [5.41, 5.74) is 6.03. The van der Waals surface area contributed by atoms with Gasteiger partial charge in [0.1, 0.15) is 0 Å². The molecule has 0 spiro atoms. The Labute approximate surface area is 212 Å². The van der Waals surface area contributed by atoms with Crippen molar-refractivity contribution in [1.29, 1.82) is 0 Å². The monoisotopic (exact) mass is 518 g/mol. The summed E-state index contributed by atoms with van der Waals surface area (Å²) in [6, 6.07) is 25.5. The number of fused-ring (bicyclic) bond motifs is 1. The highest BCUT2D eigenvalue weighted by Crippen LogP contribution is 2.27. The Bertz CT molecular complexity index is 1060. The number of nitrogens with one attached hydrogen (secondary N) is 1. The Morgan fingerprint density at radius 1 is 0.941 bits per heavy atom. The van der Waals surface area contributed by atoms with E-state index in [0.29, 0.717) is 6.04 Å². The SMILES string of the molecule is CCCN(CCCCNC(=O)c1ccc(-c2ccccc2)cc1)[C@@H]1CCc2cc(Br)ccc2C1. The van der Waals surface area contributed by atoms with Gasteiger partial charge in [0.2, 0.25) is 0 Å². The van der Waals surface area contributed by atoms with Crippen molar-refractivity contribution < 1.29 is 4.79 Å². The van der Waals surface area contributed by atoms with E-state index in [1.165, 1.54) is 40.4 Å². The molecule has 4 rings (SSSR count). The minimum absolute atomic E-state index is 0.0140. The van der Waals surface area contributed by atoms with E-state index >= 15 is 0 Å². The van der Waals surface area contributed by atoms with E-state index in [9.17, 15) is 4.79 Å². The molecule has 1 aliphatic carbocycles. The average Bonchev–Trinajstić information content (AvgIpc) is 2.88. The van der Waals surface area contributed by atoms with Crippen molar-refractivity contribution in [3.8, 4) is 11.1 Å². The van der Waals surface area contributed by atoms with Crippen molar-refractivity contribution in [1.82, 2.24) is 10.2 Å². The minimum Gasteiger partial charge on any atom is -0.352 e. The zero-order chi connectivity index (χ0) is 23.8. The van der Waals surface area contributed by atoms with Gasteiger partial charge < -0.3 is 10.2 Å². The molecule has 0 aromatic heterocycles. The molecule has 1 aliphatic rings. The third-order valence-corrected chi connectivity index (χ3v) is 7.30. The van der Waals surface area contributed by atoms with Crippen LogP contribution in [0.5, 0.6) is 0 Å². The van der Waals surface area contributed by atoms with Crippen LogP contribution in [0.3, 0.4) is 0 Å². The molecule has 1 atom stereocenters. The first kappa shape index (κ1) is 24.7. The maximum absolute atomic E-state index is 12.6. The predicted octanol–water partition coefficient (Wildman–Crippen LogP) is 6.90. The predicted molar refractivity (Wildman–Crippen MR) is 145 cm³/mol. The van der Waals surface area contributed by atoms with E-state index in [2.05, 4.69) is 63.4 Å². The van der Waals surface area contributed by atoms with Crippen molar-refractivity contribution in [3.63, 3.8) is 0 Å². The number of rotatable bonds is 10. The van der Waals surface area contributed by atoms with Gasteiger partial charge in [0, 0.05) is 22.6 Å². The van der Waals surface area contributed by atoms with Gasteiger partial charge in [-0.15, -0.1) is 0 Å². The van der Waals surface area contributed by atoms with Gasteiger partial charge in [-0.2, -0.15) is 0 Å². The Morgan fingerprint density at radius 3 is 2.47 bits per heavy atom. The first-order chi connectivity index (χ1) is 16.6. The largest absolute Gasteiger partial charge is 0.352 e. The number of hydrogen-bond acceptors (Lipinski definition) is 2. The molecule has 178 valence electrons. The molecule has 3 nitrogen and oxygen atoms in total. The molecule has 0 saturated carbocycles. The van der Waals surface area contributed by atoms with Crippen molar-refractivity contribution >= 4 is 21.8 Å². The summed E-state index contributed by atoms with van der Waals surface area (Å²) in [5, 5.41) is 3.10. The number of benzene rings is 3. The molecule has 0 saturated heterocycles. The number of unbranched alkanes of at least 4 members (excludes halogenated alkanes) is 1.